The van der Waals surface area contributed by atoms with Crippen molar-refractivity contribution in [1.82, 2.24) is 14.8 Å². The third-order valence-corrected chi connectivity index (χ3v) is 7.19. The van der Waals surface area contributed by atoms with E-state index in [0.29, 0.717) is 17.4 Å². The standard InChI is InChI=1S/C20H25N3O.C9H6N2O2/c1-4-23(5-2)20(24)14-9-16-15-7-6-8-17-19(15)13(11-21-17)10-18(16)22(3)12-14;1-7-2-3-8(10-5-12)4-9(7)11-6-13/h6-9,11,14,18,21H,4-5,10,12H2,1-3H3;2-4H,1H3/t14-,18-;/m1./s1. The first kappa shape index (κ1) is 26.0. The molecule has 8 nitrogen and oxygen atoms in total. The van der Waals surface area contributed by atoms with Gasteiger partial charge in [0.15, 0.2) is 0 Å². The Morgan fingerprint density at radius 1 is 1.14 bits per heavy atom. The van der Waals surface area contributed by atoms with E-state index in [9.17, 15) is 14.4 Å². The number of H-pyrrole nitrogens is 1. The van der Waals surface area contributed by atoms with Crippen LogP contribution in [0.15, 0.2) is 58.7 Å². The van der Waals surface area contributed by atoms with Crippen molar-refractivity contribution in [2.75, 3.05) is 26.7 Å². The van der Waals surface area contributed by atoms with Crippen LogP contribution >= 0.6 is 0 Å². The highest BCUT2D eigenvalue weighted by Gasteiger charge is 2.36. The molecule has 37 heavy (non-hydrogen) atoms. The first-order valence-electron chi connectivity index (χ1n) is 12.5. The van der Waals surface area contributed by atoms with Gasteiger partial charge in [-0.05, 0) is 74.7 Å². The maximum Gasteiger partial charge on any atom is 0.240 e. The number of nitrogens with one attached hydrogen (secondary N) is 1. The lowest BCUT2D eigenvalue weighted by molar-refractivity contribution is -0.134. The summed E-state index contributed by atoms with van der Waals surface area (Å²) in [6.45, 7) is 8.26. The van der Waals surface area contributed by atoms with Crippen molar-refractivity contribution in [2.45, 2.75) is 33.2 Å². The number of benzene rings is 2. The van der Waals surface area contributed by atoms with Crippen molar-refractivity contribution in [1.29, 1.82) is 0 Å². The molecule has 1 amide bonds. The van der Waals surface area contributed by atoms with Gasteiger partial charge in [0.2, 0.25) is 18.1 Å². The summed E-state index contributed by atoms with van der Waals surface area (Å²) in [7, 11) is 2.15. The molecule has 1 aliphatic carbocycles. The van der Waals surface area contributed by atoms with Crippen LogP contribution in [-0.4, -0.2) is 65.6 Å². The highest BCUT2D eigenvalue weighted by Crippen LogP contribution is 2.41. The monoisotopic (exact) mass is 497 g/mol. The van der Waals surface area contributed by atoms with Gasteiger partial charge in [0.1, 0.15) is 0 Å². The van der Waals surface area contributed by atoms with Crippen LogP contribution in [0.5, 0.6) is 0 Å². The highest BCUT2D eigenvalue weighted by molar-refractivity contribution is 5.99. The van der Waals surface area contributed by atoms with Crippen LogP contribution < -0.4 is 0 Å². The topological polar surface area (TPSA) is 98.2 Å². The van der Waals surface area contributed by atoms with E-state index in [1.165, 1.54) is 45.8 Å². The molecule has 2 heterocycles. The number of aromatic nitrogens is 1. The molecule has 2 aromatic carbocycles. The Kier molecular flexibility index (Phi) is 7.95. The van der Waals surface area contributed by atoms with Crippen LogP contribution in [0, 0.1) is 12.8 Å². The summed E-state index contributed by atoms with van der Waals surface area (Å²) >= 11 is 0. The summed E-state index contributed by atoms with van der Waals surface area (Å²) < 4.78 is 0. The van der Waals surface area contributed by atoms with E-state index in [4.69, 9.17) is 0 Å². The number of aromatic amines is 1. The molecule has 5 rings (SSSR count). The number of carbonyl (C=O) groups excluding carboxylic acids is 3. The van der Waals surface area contributed by atoms with E-state index in [-0.39, 0.29) is 11.8 Å². The lowest BCUT2D eigenvalue weighted by Crippen LogP contribution is -2.47. The Hall–Kier alpha value is -4.09. The lowest BCUT2D eigenvalue weighted by atomic mass is 9.79. The molecule has 190 valence electrons. The highest BCUT2D eigenvalue weighted by atomic mass is 16.2. The van der Waals surface area contributed by atoms with Crippen LogP contribution in [0.3, 0.4) is 0 Å². The van der Waals surface area contributed by atoms with Gasteiger partial charge in [0.05, 0.1) is 17.3 Å². The zero-order chi connectivity index (χ0) is 26.5. The zero-order valence-electron chi connectivity index (χ0n) is 21.6. The molecule has 0 spiro atoms. The van der Waals surface area contributed by atoms with Gasteiger partial charge in [-0.2, -0.15) is 9.98 Å². The van der Waals surface area contributed by atoms with E-state index in [1.54, 1.807) is 19.1 Å². The number of hydrogen-bond donors (Lipinski definition) is 1. The minimum absolute atomic E-state index is 0.0445. The van der Waals surface area contributed by atoms with Crippen LogP contribution in [-0.2, 0) is 20.8 Å². The lowest BCUT2D eigenvalue weighted by Gasteiger charge is -2.40. The third-order valence-electron chi connectivity index (χ3n) is 7.19. The van der Waals surface area contributed by atoms with E-state index < -0.39 is 0 Å². The molecule has 0 saturated carbocycles. The maximum atomic E-state index is 12.9. The van der Waals surface area contributed by atoms with Gasteiger partial charge in [-0.1, -0.05) is 24.3 Å². The molecule has 0 unspecified atom stereocenters. The number of isocyanates is 2. The number of fused-ring (bicyclic) bond motifs is 2. The second-order valence-electron chi connectivity index (χ2n) is 9.32. The summed E-state index contributed by atoms with van der Waals surface area (Å²) in [6.07, 6.45) is 8.25. The normalized spacial score (nSPS) is 17.9. The van der Waals surface area contributed by atoms with Crippen LogP contribution in [0.2, 0.25) is 0 Å². The first-order valence-corrected chi connectivity index (χ1v) is 12.5. The van der Waals surface area contributed by atoms with E-state index in [0.717, 1.165) is 31.6 Å². The second-order valence-corrected chi connectivity index (χ2v) is 9.32. The molecule has 2 atom stereocenters. The Morgan fingerprint density at radius 3 is 2.59 bits per heavy atom. The third kappa shape index (κ3) is 5.23. The number of aryl methyl sites for hydroxylation is 1. The zero-order valence-corrected chi connectivity index (χ0v) is 21.6. The molecule has 0 radical (unpaired) electrons. The fourth-order valence-electron chi connectivity index (χ4n) is 5.26. The van der Waals surface area contributed by atoms with E-state index >= 15 is 0 Å². The van der Waals surface area contributed by atoms with Gasteiger partial charge >= 0.3 is 0 Å². The average Bonchev–Trinajstić information content (AvgIpc) is 3.32. The number of aliphatic imine (C=N–C) groups is 2. The molecule has 0 bridgehead atoms. The fourth-order valence-corrected chi connectivity index (χ4v) is 5.26. The molecule has 1 aliphatic heterocycles. The van der Waals surface area contributed by atoms with Crippen molar-refractivity contribution < 1.29 is 14.4 Å². The Morgan fingerprint density at radius 2 is 1.89 bits per heavy atom. The van der Waals surface area contributed by atoms with Gasteiger partial charge in [-0.25, -0.2) is 9.59 Å². The predicted molar refractivity (Wildman–Crippen MR) is 145 cm³/mol. The summed E-state index contributed by atoms with van der Waals surface area (Å²) in [5.74, 6) is 0.210. The molecule has 1 aromatic heterocycles. The average molecular weight is 498 g/mol. The number of amides is 1. The van der Waals surface area contributed by atoms with Crippen LogP contribution in [0.4, 0.5) is 11.4 Å². The smallest absolute Gasteiger partial charge is 0.240 e. The summed E-state index contributed by atoms with van der Waals surface area (Å²) in [5.41, 5.74) is 6.93. The number of nitrogens with zero attached hydrogens (tertiary/aromatic N) is 4. The van der Waals surface area contributed by atoms with Gasteiger partial charge in [0.25, 0.3) is 0 Å². The molecular weight excluding hydrogens is 466 g/mol. The molecular formula is C29H31N5O3. The van der Waals surface area contributed by atoms with Crippen molar-refractivity contribution >= 4 is 45.9 Å². The minimum Gasteiger partial charge on any atom is -0.361 e. The quantitative estimate of drug-likeness (QED) is 0.403. The summed E-state index contributed by atoms with van der Waals surface area (Å²) in [5, 5.41) is 1.34. The van der Waals surface area contributed by atoms with Crippen molar-refractivity contribution in [3.8, 4) is 0 Å². The van der Waals surface area contributed by atoms with Crippen molar-refractivity contribution in [3.05, 3.63) is 65.4 Å². The minimum atomic E-state index is -0.0445. The van der Waals surface area contributed by atoms with Gasteiger partial charge in [-0.15, -0.1) is 0 Å². The van der Waals surface area contributed by atoms with Gasteiger partial charge < -0.3 is 9.88 Å². The molecule has 8 heteroatoms. The van der Waals surface area contributed by atoms with Crippen molar-refractivity contribution in [2.24, 2.45) is 15.9 Å². The number of carbonyl (C=O) groups is 1. The largest absolute Gasteiger partial charge is 0.361 e. The molecule has 0 fully saturated rings. The number of likely N-dealkylation sites (N-methyl/N-ethyl adjacent to an activating group) is 1. The number of hydrogen-bond acceptors (Lipinski definition) is 6. The molecule has 2 aliphatic rings. The number of rotatable bonds is 5. The molecule has 1 N–H and O–H groups in total. The Bertz CT molecular complexity index is 1440. The molecule has 0 saturated heterocycles. The van der Waals surface area contributed by atoms with Gasteiger partial charge in [-0.3, -0.25) is 9.69 Å². The Balaban J connectivity index is 0.000000209. The first-order chi connectivity index (χ1) is 17.9. The van der Waals surface area contributed by atoms with Crippen LogP contribution in [0.1, 0.15) is 30.5 Å². The van der Waals surface area contributed by atoms with Crippen molar-refractivity contribution in [3.63, 3.8) is 0 Å². The fraction of sp³-hybridized carbons (Fsp3) is 0.345. The second kappa shape index (κ2) is 11.3. The van der Waals surface area contributed by atoms with E-state index in [1.807, 2.05) is 4.90 Å². The summed E-state index contributed by atoms with van der Waals surface area (Å²) in [4.78, 5) is 47.3. The van der Waals surface area contributed by atoms with Gasteiger partial charge in [0, 0.05) is 42.8 Å². The Labute approximate surface area is 216 Å². The maximum absolute atomic E-state index is 12.9. The SMILES string of the molecule is CCN(CC)C(=O)[C@@H]1C=C2c3cccc4[nH]cc(c34)C[C@H]2N(C)C1.Cc1ccc(N=C=O)cc1N=C=O. The predicted octanol–water partition coefficient (Wildman–Crippen LogP) is 4.84. The molecule has 3 aromatic rings. The summed E-state index contributed by atoms with van der Waals surface area (Å²) in [6, 6.07) is 11.7. The van der Waals surface area contributed by atoms with Crippen LogP contribution in [0.25, 0.3) is 16.5 Å². The van der Waals surface area contributed by atoms with E-state index in [2.05, 4.69) is 71.2 Å².